The molecule has 4 rings (SSSR count). The van der Waals surface area contributed by atoms with Crippen molar-refractivity contribution < 1.29 is 14.4 Å². The molecule has 0 atom stereocenters. The Bertz CT molecular complexity index is 1020. The lowest BCUT2D eigenvalue weighted by Crippen LogP contribution is -2.34. The summed E-state index contributed by atoms with van der Waals surface area (Å²) in [5.41, 5.74) is 2.05. The highest BCUT2D eigenvalue weighted by Gasteiger charge is 2.36. The average Bonchev–Trinajstić information content (AvgIpc) is 3.27. The van der Waals surface area contributed by atoms with E-state index in [1.165, 1.54) is 0 Å². The second-order valence-corrected chi connectivity index (χ2v) is 6.28. The molecule has 6 nitrogen and oxygen atoms in total. The van der Waals surface area contributed by atoms with E-state index < -0.39 is 11.8 Å². The van der Waals surface area contributed by atoms with Crippen LogP contribution in [-0.4, -0.2) is 38.6 Å². The highest BCUT2D eigenvalue weighted by Crippen LogP contribution is 2.23. The van der Waals surface area contributed by atoms with E-state index in [4.69, 9.17) is 0 Å². The number of fused-ring (bicyclic) bond motifs is 1. The quantitative estimate of drug-likeness (QED) is 0.519. The average molecular weight is 359 g/mol. The van der Waals surface area contributed by atoms with Crippen LogP contribution in [0, 0.1) is 0 Å². The van der Waals surface area contributed by atoms with Crippen LogP contribution in [0.2, 0.25) is 0 Å². The number of carbonyl (C=O) groups is 3. The smallest absolute Gasteiger partial charge is 0.261 e. The van der Waals surface area contributed by atoms with Crippen molar-refractivity contribution in [1.29, 1.82) is 0 Å². The molecule has 1 aliphatic heterocycles. The Kier molecular flexibility index (Phi) is 4.16. The molecule has 0 saturated heterocycles. The van der Waals surface area contributed by atoms with E-state index >= 15 is 0 Å². The summed E-state index contributed by atoms with van der Waals surface area (Å²) < 4.78 is 1.96. The minimum absolute atomic E-state index is 0.267. The number of hydrogen-bond acceptors (Lipinski definition) is 4. The minimum Gasteiger partial charge on any atom is -0.304 e. The maximum Gasteiger partial charge on any atom is 0.261 e. The fourth-order valence-electron chi connectivity index (χ4n) is 3.26. The van der Waals surface area contributed by atoms with E-state index in [1.54, 1.807) is 42.6 Å². The number of imide groups is 1. The minimum atomic E-state index is -0.424. The molecule has 0 bridgehead atoms. The number of Topliss-reactive ketones (excluding diaryl/α,β-unsaturated/α-hetero) is 1. The highest BCUT2D eigenvalue weighted by molar-refractivity contribution is 6.23. The number of aromatic nitrogens is 2. The molecule has 2 aromatic carbocycles. The van der Waals surface area contributed by atoms with Gasteiger partial charge >= 0.3 is 0 Å². The number of hydrogen-bond donors (Lipinski definition) is 0. The zero-order valence-corrected chi connectivity index (χ0v) is 14.8. The van der Waals surface area contributed by atoms with Crippen LogP contribution in [0.1, 0.15) is 43.8 Å². The lowest BCUT2D eigenvalue weighted by molar-refractivity contribution is 0.0624. The molecule has 0 radical (unpaired) electrons. The first-order chi connectivity index (χ1) is 13.1. The van der Waals surface area contributed by atoms with Crippen molar-refractivity contribution in [3.8, 4) is 5.69 Å². The SMILES string of the molecule is CCc1nccn1-c1ccc(C(=O)CN2C(=O)c3ccccc3C2=O)cc1. The number of imidazole rings is 1. The molecule has 0 aliphatic carbocycles. The van der Waals surface area contributed by atoms with Crippen molar-refractivity contribution in [1.82, 2.24) is 14.5 Å². The molecule has 2 heterocycles. The fourth-order valence-corrected chi connectivity index (χ4v) is 3.26. The molecule has 6 heteroatoms. The normalized spacial score (nSPS) is 13.1. The summed E-state index contributed by atoms with van der Waals surface area (Å²) in [6.45, 7) is 1.76. The predicted molar refractivity (Wildman–Crippen MR) is 99.1 cm³/mol. The number of rotatable bonds is 5. The third-order valence-electron chi connectivity index (χ3n) is 4.68. The molecule has 0 unspecified atom stereocenters. The molecule has 1 aromatic heterocycles. The second-order valence-electron chi connectivity index (χ2n) is 6.28. The van der Waals surface area contributed by atoms with Crippen molar-refractivity contribution in [2.75, 3.05) is 6.54 Å². The van der Waals surface area contributed by atoms with Gasteiger partial charge in [-0.3, -0.25) is 19.3 Å². The number of carbonyl (C=O) groups excluding carboxylic acids is 3. The van der Waals surface area contributed by atoms with Crippen molar-refractivity contribution in [2.45, 2.75) is 13.3 Å². The van der Waals surface area contributed by atoms with Crippen LogP contribution in [-0.2, 0) is 6.42 Å². The molecule has 0 fully saturated rings. The van der Waals surface area contributed by atoms with E-state index in [2.05, 4.69) is 4.98 Å². The van der Waals surface area contributed by atoms with Gasteiger partial charge in [0, 0.05) is 30.1 Å². The van der Waals surface area contributed by atoms with Crippen LogP contribution in [0.15, 0.2) is 60.9 Å². The van der Waals surface area contributed by atoms with Gasteiger partial charge in [0.25, 0.3) is 11.8 Å². The van der Waals surface area contributed by atoms with Crippen LogP contribution in [0.5, 0.6) is 0 Å². The summed E-state index contributed by atoms with van der Waals surface area (Å²) in [5.74, 6) is -0.198. The standard InChI is InChI=1S/C21H17N3O3/c1-2-19-22-11-12-23(19)15-9-7-14(8-10-15)18(25)13-24-20(26)16-5-3-4-6-17(16)21(24)27/h3-12H,2,13H2,1H3. The van der Waals surface area contributed by atoms with Gasteiger partial charge in [-0.25, -0.2) is 4.98 Å². The molecule has 0 saturated carbocycles. The van der Waals surface area contributed by atoms with Crippen molar-refractivity contribution >= 4 is 17.6 Å². The Morgan fingerprint density at radius 1 is 0.963 bits per heavy atom. The van der Waals surface area contributed by atoms with Crippen LogP contribution >= 0.6 is 0 Å². The molecule has 0 N–H and O–H groups in total. The first-order valence-electron chi connectivity index (χ1n) is 8.71. The molecular formula is C21H17N3O3. The third kappa shape index (κ3) is 2.85. The van der Waals surface area contributed by atoms with E-state index in [9.17, 15) is 14.4 Å². The molecule has 27 heavy (non-hydrogen) atoms. The maximum atomic E-state index is 12.6. The summed E-state index contributed by atoms with van der Waals surface area (Å²) in [5, 5.41) is 0. The second kappa shape index (κ2) is 6.64. The van der Waals surface area contributed by atoms with Gasteiger partial charge in [0.15, 0.2) is 5.78 Å². The Morgan fingerprint density at radius 2 is 1.59 bits per heavy atom. The van der Waals surface area contributed by atoms with Gasteiger partial charge in [-0.1, -0.05) is 19.1 Å². The third-order valence-corrected chi connectivity index (χ3v) is 4.68. The number of nitrogens with zero attached hydrogens (tertiary/aromatic N) is 3. The van der Waals surface area contributed by atoms with Gasteiger partial charge in [0.05, 0.1) is 17.7 Å². The lowest BCUT2D eigenvalue weighted by Gasteiger charge is -2.13. The summed E-state index contributed by atoms with van der Waals surface area (Å²) in [4.78, 5) is 42.7. The van der Waals surface area contributed by atoms with Crippen LogP contribution in [0.4, 0.5) is 0 Å². The molecule has 2 amide bonds. The summed E-state index contributed by atoms with van der Waals surface area (Å²) in [6.07, 6.45) is 4.40. The molecule has 1 aliphatic rings. The monoisotopic (exact) mass is 359 g/mol. The zero-order chi connectivity index (χ0) is 19.0. The molecule has 0 spiro atoms. The number of ketones is 1. The number of aryl methyl sites for hydroxylation is 1. The van der Waals surface area contributed by atoms with E-state index in [1.807, 2.05) is 29.8 Å². The number of amides is 2. The predicted octanol–water partition coefficient (Wildman–Crippen LogP) is 2.91. The van der Waals surface area contributed by atoms with Gasteiger partial charge < -0.3 is 4.57 Å². The zero-order valence-electron chi connectivity index (χ0n) is 14.8. The summed E-state index contributed by atoms with van der Waals surface area (Å²) in [7, 11) is 0. The van der Waals surface area contributed by atoms with Crippen LogP contribution < -0.4 is 0 Å². The Balaban J connectivity index is 1.53. The van der Waals surface area contributed by atoms with Gasteiger partial charge in [0.1, 0.15) is 5.82 Å². The van der Waals surface area contributed by atoms with Crippen molar-refractivity contribution in [2.24, 2.45) is 0 Å². The molecule has 3 aromatic rings. The Hall–Kier alpha value is -3.54. The highest BCUT2D eigenvalue weighted by atomic mass is 16.2. The van der Waals surface area contributed by atoms with Gasteiger partial charge in [-0.15, -0.1) is 0 Å². The maximum absolute atomic E-state index is 12.6. The van der Waals surface area contributed by atoms with Crippen molar-refractivity contribution in [3.05, 3.63) is 83.4 Å². The van der Waals surface area contributed by atoms with Gasteiger partial charge in [0.2, 0.25) is 0 Å². The molecule has 134 valence electrons. The lowest BCUT2D eigenvalue weighted by atomic mass is 10.1. The summed E-state index contributed by atoms with van der Waals surface area (Å²) in [6, 6.07) is 13.7. The topological polar surface area (TPSA) is 72.3 Å². The van der Waals surface area contributed by atoms with Crippen LogP contribution in [0.3, 0.4) is 0 Å². The van der Waals surface area contributed by atoms with E-state index in [0.29, 0.717) is 16.7 Å². The Labute approximate surface area is 156 Å². The fraction of sp³-hybridized carbons (Fsp3) is 0.143. The van der Waals surface area contributed by atoms with Crippen molar-refractivity contribution in [3.63, 3.8) is 0 Å². The van der Waals surface area contributed by atoms with Gasteiger partial charge in [-0.05, 0) is 36.4 Å². The summed E-state index contributed by atoms with van der Waals surface area (Å²) >= 11 is 0. The first kappa shape index (κ1) is 16.9. The van der Waals surface area contributed by atoms with E-state index in [-0.39, 0.29) is 12.3 Å². The van der Waals surface area contributed by atoms with Crippen LogP contribution in [0.25, 0.3) is 5.69 Å². The Morgan fingerprint density at radius 3 is 2.19 bits per heavy atom. The molecular weight excluding hydrogens is 342 g/mol. The number of benzene rings is 2. The largest absolute Gasteiger partial charge is 0.304 e. The van der Waals surface area contributed by atoms with Gasteiger partial charge in [-0.2, -0.15) is 0 Å². The van der Waals surface area contributed by atoms with E-state index in [0.717, 1.165) is 22.8 Å². The first-order valence-corrected chi connectivity index (χ1v) is 8.71.